The molecule has 4 aromatic rings. The average molecular weight is 770 g/mol. The van der Waals surface area contributed by atoms with Crippen LogP contribution in [0.3, 0.4) is 0 Å². The maximum absolute atomic E-state index is 13.8. The average Bonchev–Trinajstić information content (AvgIpc) is 3.94. The number of carbonyl (C=O) groups is 6. The molecule has 0 unspecified atom stereocenters. The first-order chi connectivity index (χ1) is 26.9. The first-order valence-corrected chi connectivity index (χ1v) is 18.8. The molecule has 0 radical (unpaired) electrons. The second-order valence-electron chi connectivity index (χ2n) is 14.1. The topological polar surface area (TPSA) is 276 Å². The number of nitrogens with one attached hydrogen (secondary N) is 6. The molecule has 17 heteroatoms. The standard InChI is InChI=1S/C39H51N11O6/c1-23(46-37(54)32(18-25-20-44-29-12-6-5-11-27(25)29)49-36(53)28(41)19-26-21-43-22-45-26)35(52)48-31-14-16-50(39(31)56)33(17-24-9-3-2-4-10-24)38(55)47-30(34(42)51)13-7-8-15-40/h2-6,9-12,20-23,28,30-33,44H,7-8,13-19,40-41H2,1H3,(H2,42,51)(H,43,45)(H,46,54)(H,47,55)(H,48,52)(H,49,53)/t23-,28-,30-,31+,32+,33+/m0/s1. The van der Waals surface area contributed by atoms with Crippen LogP contribution in [-0.4, -0.2) is 105 Å². The van der Waals surface area contributed by atoms with Crippen LogP contribution in [-0.2, 0) is 48.0 Å². The second kappa shape index (κ2) is 19.5. The van der Waals surface area contributed by atoms with E-state index in [9.17, 15) is 28.8 Å². The Morgan fingerprint density at radius 3 is 2.32 bits per heavy atom. The lowest BCUT2D eigenvalue weighted by Gasteiger charge is -2.29. The summed E-state index contributed by atoms with van der Waals surface area (Å²) < 4.78 is 0. The van der Waals surface area contributed by atoms with Crippen molar-refractivity contribution in [2.24, 2.45) is 17.2 Å². The van der Waals surface area contributed by atoms with Crippen LogP contribution in [0.5, 0.6) is 0 Å². The van der Waals surface area contributed by atoms with Crippen molar-refractivity contribution < 1.29 is 28.8 Å². The fourth-order valence-corrected chi connectivity index (χ4v) is 6.78. The van der Waals surface area contributed by atoms with E-state index in [2.05, 4.69) is 36.2 Å². The van der Waals surface area contributed by atoms with E-state index in [0.717, 1.165) is 22.0 Å². The molecule has 5 rings (SSSR count). The number of H-pyrrole nitrogens is 2. The zero-order valence-corrected chi connectivity index (χ0v) is 31.3. The van der Waals surface area contributed by atoms with Gasteiger partial charge in [-0.1, -0.05) is 48.5 Å². The molecule has 0 spiro atoms. The molecule has 12 N–H and O–H groups in total. The lowest BCUT2D eigenvalue weighted by Crippen LogP contribution is -2.57. The van der Waals surface area contributed by atoms with Gasteiger partial charge in [0.15, 0.2) is 0 Å². The van der Waals surface area contributed by atoms with Gasteiger partial charge in [-0.15, -0.1) is 0 Å². The number of fused-ring (bicyclic) bond motifs is 1. The SMILES string of the molecule is C[C@H](NC(=O)[C@@H](Cc1c[nH]c2ccccc12)NC(=O)[C@@H](N)Cc1cnc[nH]1)C(=O)N[C@@H]1CCN([C@H](Cc2ccccc2)C(=O)N[C@@H](CCCCN)C(N)=O)C1=O. The van der Waals surface area contributed by atoms with Gasteiger partial charge in [0.1, 0.15) is 30.2 Å². The third-order valence-corrected chi connectivity index (χ3v) is 9.93. The molecule has 3 heterocycles. The van der Waals surface area contributed by atoms with Crippen LogP contribution in [0, 0.1) is 0 Å². The van der Waals surface area contributed by atoms with Crippen LogP contribution in [0.4, 0.5) is 0 Å². The summed E-state index contributed by atoms with van der Waals surface area (Å²) in [6.07, 6.45) is 6.94. The molecule has 298 valence electrons. The maximum atomic E-state index is 13.8. The van der Waals surface area contributed by atoms with Gasteiger partial charge in [-0.2, -0.15) is 0 Å². The Kier molecular flexibility index (Phi) is 14.3. The predicted molar refractivity (Wildman–Crippen MR) is 208 cm³/mol. The van der Waals surface area contributed by atoms with E-state index in [0.29, 0.717) is 31.5 Å². The molecule has 2 aromatic heterocycles. The van der Waals surface area contributed by atoms with Crippen LogP contribution in [0.1, 0.15) is 49.4 Å². The van der Waals surface area contributed by atoms with Gasteiger partial charge in [-0.3, -0.25) is 28.8 Å². The fourth-order valence-electron chi connectivity index (χ4n) is 6.78. The van der Waals surface area contributed by atoms with Crippen LogP contribution >= 0.6 is 0 Å². The van der Waals surface area contributed by atoms with E-state index in [1.807, 2.05) is 54.6 Å². The summed E-state index contributed by atoms with van der Waals surface area (Å²) in [5.74, 6) is -3.55. The number of nitrogens with two attached hydrogens (primary N) is 3. The molecule has 56 heavy (non-hydrogen) atoms. The minimum absolute atomic E-state index is 0.0945. The van der Waals surface area contributed by atoms with E-state index < -0.39 is 71.7 Å². The Balaban J connectivity index is 1.25. The zero-order chi connectivity index (χ0) is 40.2. The molecular formula is C39H51N11O6. The number of nitrogens with zero attached hydrogens (tertiary/aromatic N) is 2. The molecule has 1 aliphatic heterocycles. The third-order valence-electron chi connectivity index (χ3n) is 9.93. The van der Waals surface area contributed by atoms with E-state index in [1.165, 1.54) is 18.2 Å². The van der Waals surface area contributed by atoms with E-state index in [-0.39, 0.29) is 32.2 Å². The highest BCUT2D eigenvalue weighted by molar-refractivity contribution is 5.97. The van der Waals surface area contributed by atoms with Gasteiger partial charge >= 0.3 is 0 Å². The Morgan fingerprint density at radius 1 is 0.875 bits per heavy atom. The Morgan fingerprint density at radius 2 is 1.61 bits per heavy atom. The Labute approximate surface area is 324 Å². The number of benzene rings is 2. The highest BCUT2D eigenvalue weighted by Crippen LogP contribution is 2.21. The van der Waals surface area contributed by atoms with Crippen molar-refractivity contribution in [2.75, 3.05) is 13.1 Å². The lowest BCUT2D eigenvalue weighted by atomic mass is 10.0. The summed E-state index contributed by atoms with van der Waals surface area (Å²) in [5, 5.41) is 11.8. The third kappa shape index (κ3) is 10.8. The molecule has 6 amide bonds. The number of hydrogen-bond donors (Lipinski definition) is 9. The highest BCUT2D eigenvalue weighted by Gasteiger charge is 2.41. The van der Waals surface area contributed by atoms with Crippen LogP contribution in [0.15, 0.2) is 73.3 Å². The largest absolute Gasteiger partial charge is 0.368 e. The lowest BCUT2D eigenvalue weighted by molar-refractivity contribution is -0.140. The minimum atomic E-state index is -1.11. The van der Waals surface area contributed by atoms with E-state index in [4.69, 9.17) is 17.2 Å². The van der Waals surface area contributed by atoms with Crippen molar-refractivity contribution in [2.45, 2.75) is 88.1 Å². The van der Waals surface area contributed by atoms with Gasteiger partial charge < -0.3 is 53.3 Å². The summed E-state index contributed by atoms with van der Waals surface area (Å²) in [6, 6.07) is 10.5. The normalized spacial score (nSPS) is 16.7. The number of carbonyl (C=O) groups excluding carboxylic acids is 6. The Hall–Kier alpha value is -6.07. The van der Waals surface area contributed by atoms with Crippen LogP contribution in [0.2, 0.25) is 0 Å². The molecule has 1 fully saturated rings. The van der Waals surface area contributed by atoms with Crippen molar-refractivity contribution in [3.8, 4) is 0 Å². The van der Waals surface area contributed by atoms with Crippen LogP contribution in [0.25, 0.3) is 10.9 Å². The Bertz CT molecular complexity index is 1970. The maximum Gasteiger partial charge on any atom is 0.245 e. The van der Waals surface area contributed by atoms with Crippen LogP contribution < -0.4 is 38.5 Å². The second-order valence-corrected chi connectivity index (χ2v) is 14.1. The minimum Gasteiger partial charge on any atom is -0.368 e. The number of unbranched alkanes of at least 4 members (excludes halogenated alkanes) is 1. The van der Waals surface area contributed by atoms with Gasteiger partial charge in [0, 0.05) is 54.8 Å². The van der Waals surface area contributed by atoms with Gasteiger partial charge in [-0.05, 0) is 56.3 Å². The van der Waals surface area contributed by atoms with Gasteiger partial charge in [-0.25, -0.2) is 4.98 Å². The molecule has 1 saturated heterocycles. The number of amides is 6. The first kappa shape index (κ1) is 41.1. The van der Waals surface area contributed by atoms with Gasteiger partial charge in [0.2, 0.25) is 35.4 Å². The molecule has 0 saturated carbocycles. The molecule has 17 nitrogen and oxygen atoms in total. The van der Waals surface area contributed by atoms with Crippen molar-refractivity contribution in [1.29, 1.82) is 0 Å². The summed E-state index contributed by atoms with van der Waals surface area (Å²) >= 11 is 0. The van der Waals surface area contributed by atoms with Crippen molar-refractivity contribution in [1.82, 2.24) is 41.1 Å². The number of hydrogen-bond acceptors (Lipinski definition) is 9. The molecule has 1 aliphatic rings. The number of primary amides is 1. The number of aromatic amines is 2. The summed E-state index contributed by atoms with van der Waals surface area (Å²) in [6.45, 7) is 2.05. The van der Waals surface area contributed by atoms with E-state index >= 15 is 0 Å². The quantitative estimate of drug-likeness (QED) is 0.0520. The van der Waals surface area contributed by atoms with Gasteiger partial charge in [0.25, 0.3) is 0 Å². The molecule has 6 atom stereocenters. The smallest absolute Gasteiger partial charge is 0.245 e. The fraction of sp³-hybridized carbons (Fsp3) is 0.410. The molecule has 0 aliphatic carbocycles. The summed E-state index contributed by atoms with van der Waals surface area (Å²) in [4.78, 5) is 91.7. The number of imidazole rings is 1. The molecule has 0 bridgehead atoms. The molecule has 2 aromatic carbocycles. The van der Waals surface area contributed by atoms with Crippen molar-refractivity contribution >= 4 is 46.3 Å². The van der Waals surface area contributed by atoms with Gasteiger partial charge in [0.05, 0.1) is 12.4 Å². The monoisotopic (exact) mass is 769 g/mol. The first-order valence-electron chi connectivity index (χ1n) is 18.8. The molecular weight excluding hydrogens is 718 g/mol. The summed E-state index contributed by atoms with van der Waals surface area (Å²) in [7, 11) is 0. The predicted octanol–water partition coefficient (Wildman–Crippen LogP) is -0.579. The summed E-state index contributed by atoms with van der Waals surface area (Å²) in [5.41, 5.74) is 20.4. The zero-order valence-electron chi connectivity index (χ0n) is 31.3. The number of likely N-dealkylation sites (tertiary alicyclic amines) is 1. The number of aromatic nitrogens is 3. The number of rotatable bonds is 20. The van der Waals surface area contributed by atoms with E-state index in [1.54, 1.807) is 12.4 Å². The number of para-hydroxylation sites is 1. The highest BCUT2D eigenvalue weighted by atomic mass is 16.2. The van der Waals surface area contributed by atoms with Crippen molar-refractivity contribution in [3.63, 3.8) is 0 Å². The van der Waals surface area contributed by atoms with Crippen molar-refractivity contribution in [3.05, 3.63) is 90.1 Å².